The summed E-state index contributed by atoms with van der Waals surface area (Å²) in [6.45, 7) is 1.62. The molecule has 0 saturated heterocycles. The molecule has 3 rings (SSSR count). The maximum absolute atomic E-state index is 12.3. The first kappa shape index (κ1) is 14.3. The number of nitrogens with one attached hydrogen (secondary N) is 1. The molecule has 3 aromatic rings. The van der Waals surface area contributed by atoms with Gasteiger partial charge in [0.25, 0.3) is 5.91 Å². The van der Waals surface area contributed by atoms with E-state index in [-0.39, 0.29) is 17.3 Å². The Balaban J connectivity index is 1.82. The molecular formula is C12H11N9O2. The summed E-state index contributed by atoms with van der Waals surface area (Å²) in [4.78, 5) is 16.2. The summed E-state index contributed by atoms with van der Waals surface area (Å²) in [5.41, 5.74) is 9.22. The van der Waals surface area contributed by atoms with Crippen molar-refractivity contribution in [3.63, 3.8) is 0 Å². The van der Waals surface area contributed by atoms with E-state index in [0.717, 1.165) is 10.2 Å². The highest BCUT2D eigenvalue weighted by Gasteiger charge is 2.22. The van der Waals surface area contributed by atoms with Gasteiger partial charge in [0.15, 0.2) is 5.69 Å². The predicted molar refractivity (Wildman–Crippen MR) is 77.7 cm³/mol. The van der Waals surface area contributed by atoms with Crippen LogP contribution in [0.5, 0.6) is 0 Å². The van der Waals surface area contributed by atoms with Gasteiger partial charge in [0.05, 0.1) is 11.9 Å². The zero-order valence-corrected chi connectivity index (χ0v) is 11.9. The number of carbonyl (C=O) groups is 1. The molecule has 0 aliphatic carbocycles. The molecule has 11 nitrogen and oxygen atoms in total. The van der Waals surface area contributed by atoms with Crippen LogP contribution in [0.25, 0.3) is 5.82 Å². The van der Waals surface area contributed by atoms with Crippen molar-refractivity contribution in [1.82, 2.24) is 35.7 Å². The zero-order valence-electron chi connectivity index (χ0n) is 11.9. The van der Waals surface area contributed by atoms with Crippen molar-refractivity contribution in [3.05, 3.63) is 41.5 Å². The molecule has 0 unspecified atom stereocenters. The van der Waals surface area contributed by atoms with Crippen LogP contribution in [0.1, 0.15) is 21.7 Å². The standard InChI is InChI=1S/C12H11N9O2/c1-7-9(21(20-16-7)11-10(13)18-23-19-11)12(22)17-15-6-8-3-2-4-14-5-8/h2-6H,1H3,(H2,13,18)(H,17,22)/b15-6-. The molecule has 3 heterocycles. The maximum atomic E-state index is 12.3. The lowest BCUT2D eigenvalue weighted by Gasteiger charge is -2.02. The van der Waals surface area contributed by atoms with Crippen molar-refractivity contribution in [2.24, 2.45) is 5.10 Å². The first-order valence-corrected chi connectivity index (χ1v) is 6.41. The largest absolute Gasteiger partial charge is 0.378 e. The molecule has 0 fully saturated rings. The summed E-state index contributed by atoms with van der Waals surface area (Å²) < 4.78 is 5.64. The summed E-state index contributed by atoms with van der Waals surface area (Å²) in [6.07, 6.45) is 4.70. The molecule has 0 aliphatic heterocycles. The number of hydrogen-bond donors (Lipinski definition) is 2. The molecule has 0 aromatic carbocycles. The van der Waals surface area contributed by atoms with Crippen molar-refractivity contribution in [3.8, 4) is 5.82 Å². The lowest BCUT2D eigenvalue weighted by atomic mass is 10.3. The Hall–Kier alpha value is -3.63. The summed E-state index contributed by atoms with van der Waals surface area (Å²) in [5.74, 6) is -0.468. The van der Waals surface area contributed by atoms with Crippen molar-refractivity contribution in [1.29, 1.82) is 0 Å². The van der Waals surface area contributed by atoms with Gasteiger partial charge in [-0.05, 0) is 23.3 Å². The van der Waals surface area contributed by atoms with Crippen LogP contribution in [0.3, 0.4) is 0 Å². The number of aryl methyl sites for hydroxylation is 1. The minimum atomic E-state index is -0.532. The van der Waals surface area contributed by atoms with E-state index in [1.165, 1.54) is 6.21 Å². The number of hydrazone groups is 1. The smallest absolute Gasteiger partial charge is 0.292 e. The molecule has 0 aliphatic rings. The third kappa shape index (κ3) is 2.88. The molecule has 0 bridgehead atoms. The Kier molecular flexibility index (Phi) is 3.74. The van der Waals surface area contributed by atoms with E-state index in [2.05, 4.69) is 40.8 Å². The molecule has 23 heavy (non-hydrogen) atoms. The minimum absolute atomic E-state index is 0.0113. The Labute approximate surface area is 129 Å². The van der Waals surface area contributed by atoms with Gasteiger partial charge in [-0.2, -0.15) is 9.78 Å². The van der Waals surface area contributed by atoms with Crippen molar-refractivity contribution >= 4 is 17.9 Å². The number of rotatable bonds is 4. The first-order chi connectivity index (χ1) is 11.2. The van der Waals surface area contributed by atoms with Gasteiger partial charge in [0, 0.05) is 18.0 Å². The second kappa shape index (κ2) is 6.01. The Morgan fingerprint density at radius 1 is 1.48 bits per heavy atom. The summed E-state index contributed by atoms with van der Waals surface area (Å²) in [6, 6.07) is 3.55. The van der Waals surface area contributed by atoms with Crippen LogP contribution < -0.4 is 11.2 Å². The molecular weight excluding hydrogens is 302 g/mol. The third-order valence-corrected chi connectivity index (χ3v) is 2.81. The molecule has 116 valence electrons. The fourth-order valence-corrected chi connectivity index (χ4v) is 1.77. The normalized spacial score (nSPS) is 11.0. The fraction of sp³-hybridized carbons (Fsp3) is 0.0833. The SMILES string of the molecule is Cc1nnn(-c2nonc2N)c1C(=O)N/N=C\c1cccnc1. The molecule has 0 saturated carbocycles. The van der Waals surface area contributed by atoms with Crippen LogP contribution in [0.4, 0.5) is 5.82 Å². The highest BCUT2D eigenvalue weighted by Crippen LogP contribution is 2.14. The lowest BCUT2D eigenvalue weighted by molar-refractivity contribution is 0.0946. The van der Waals surface area contributed by atoms with Crippen molar-refractivity contribution < 1.29 is 9.42 Å². The van der Waals surface area contributed by atoms with E-state index < -0.39 is 5.91 Å². The van der Waals surface area contributed by atoms with Crippen molar-refractivity contribution in [2.45, 2.75) is 6.92 Å². The van der Waals surface area contributed by atoms with E-state index in [1.54, 1.807) is 31.5 Å². The number of nitrogens with two attached hydrogens (primary N) is 1. The van der Waals surface area contributed by atoms with E-state index >= 15 is 0 Å². The predicted octanol–water partition coefficient (Wildman–Crippen LogP) is -0.300. The van der Waals surface area contributed by atoms with Crippen LogP contribution in [0.2, 0.25) is 0 Å². The van der Waals surface area contributed by atoms with E-state index in [0.29, 0.717) is 5.69 Å². The number of aromatic nitrogens is 6. The van der Waals surface area contributed by atoms with Crippen LogP contribution >= 0.6 is 0 Å². The second-order valence-electron chi connectivity index (χ2n) is 4.39. The van der Waals surface area contributed by atoms with E-state index in [4.69, 9.17) is 5.73 Å². The topological polar surface area (TPSA) is 150 Å². The summed E-state index contributed by atoms with van der Waals surface area (Å²) >= 11 is 0. The third-order valence-electron chi connectivity index (χ3n) is 2.81. The number of anilines is 1. The first-order valence-electron chi connectivity index (χ1n) is 6.41. The summed E-state index contributed by atoms with van der Waals surface area (Å²) in [5, 5.41) is 18.5. The molecule has 0 atom stereocenters. The Bertz CT molecular complexity index is 853. The minimum Gasteiger partial charge on any atom is -0.378 e. The number of hydrogen-bond acceptors (Lipinski definition) is 9. The number of nitrogens with zero attached hydrogens (tertiary/aromatic N) is 7. The number of pyridine rings is 1. The van der Waals surface area contributed by atoms with Gasteiger partial charge in [0.1, 0.15) is 0 Å². The van der Waals surface area contributed by atoms with Crippen LogP contribution in [0.15, 0.2) is 34.3 Å². The van der Waals surface area contributed by atoms with Gasteiger partial charge in [-0.25, -0.2) is 10.1 Å². The zero-order chi connectivity index (χ0) is 16.2. The summed E-state index contributed by atoms with van der Waals surface area (Å²) in [7, 11) is 0. The average molecular weight is 313 g/mol. The Morgan fingerprint density at radius 2 is 2.35 bits per heavy atom. The molecule has 0 radical (unpaired) electrons. The van der Waals surface area contributed by atoms with Crippen LogP contribution in [-0.2, 0) is 0 Å². The second-order valence-corrected chi connectivity index (χ2v) is 4.39. The molecule has 11 heteroatoms. The molecule has 0 spiro atoms. The van der Waals surface area contributed by atoms with Gasteiger partial charge in [-0.3, -0.25) is 9.78 Å². The molecule has 3 aromatic heterocycles. The highest BCUT2D eigenvalue weighted by molar-refractivity contribution is 5.94. The fourth-order valence-electron chi connectivity index (χ4n) is 1.77. The van der Waals surface area contributed by atoms with Gasteiger partial charge < -0.3 is 5.73 Å². The van der Waals surface area contributed by atoms with Gasteiger partial charge in [-0.15, -0.1) is 5.10 Å². The van der Waals surface area contributed by atoms with Crippen molar-refractivity contribution in [2.75, 3.05) is 5.73 Å². The number of carbonyl (C=O) groups excluding carboxylic acids is 1. The van der Waals surface area contributed by atoms with Crippen LogP contribution in [-0.4, -0.2) is 42.4 Å². The maximum Gasteiger partial charge on any atom is 0.292 e. The molecule has 3 N–H and O–H groups in total. The van der Waals surface area contributed by atoms with Gasteiger partial charge >= 0.3 is 0 Å². The monoisotopic (exact) mass is 313 g/mol. The quantitative estimate of drug-likeness (QED) is 0.492. The van der Waals surface area contributed by atoms with Gasteiger partial charge in [0.2, 0.25) is 11.6 Å². The lowest BCUT2D eigenvalue weighted by Crippen LogP contribution is -2.22. The van der Waals surface area contributed by atoms with Gasteiger partial charge in [-0.1, -0.05) is 11.3 Å². The Morgan fingerprint density at radius 3 is 3.04 bits per heavy atom. The number of nitrogen functional groups attached to an aromatic ring is 1. The molecule has 1 amide bonds. The van der Waals surface area contributed by atoms with E-state index in [9.17, 15) is 4.79 Å². The number of amides is 1. The highest BCUT2D eigenvalue weighted by atomic mass is 16.6. The van der Waals surface area contributed by atoms with E-state index in [1.807, 2.05) is 0 Å². The van der Waals surface area contributed by atoms with Crippen LogP contribution in [0, 0.1) is 6.92 Å². The average Bonchev–Trinajstić information content (AvgIpc) is 3.13.